The Morgan fingerprint density at radius 2 is 2.08 bits per heavy atom. The van der Waals surface area contributed by atoms with Gasteiger partial charge in [0.05, 0.1) is 6.54 Å². The molecular weight excluding hydrogens is 339 g/mol. The first-order chi connectivity index (χ1) is 11.3. The molecule has 1 saturated heterocycles. The fourth-order valence-corrected chi connectivity index (χ4v) is 3.50. The molecular formula is C16H22F3N3OS. The molecule has 0 bridgehead atoms. The summed E-state index contributed by atoms with van der Waals surface area (Å²) in [7, 11) is 1.71. The summed E-state index contributed by atoms with van der Waals surface area (Å²) in [4.78, 5) is 20.0. The number of halogens is 3. The van der Waals surface area contributed by atoms with Crippen LogP contribution in [-0.2, 0) is 5.75 Å². The standard InChI is InChI=1S/C16H22F3N3OS/c1-21(13-5-8-22(9-6-13)11-16(17,18)19)15(23)14-12(10-24-2)4-3-7-20-14/h3-4,7,13H,5-6,8-11H2,1-2H3. The largest absolute Gasteiger partial charge is 0.401 e. The molecule has 1 aliphatic rings. The van der Waals surface area contributed by atoms with Crippen LogP contribution in [0.4, 0.5) is 13.2 Å². The summed E-state index contributed by atoms with van der Waals surface area (Å²) in [5.74, 6) is 0.543. The number of likely N-dealkylation sites (tertiary alicyclic amines) is 1. The molecule has 0 atom stereocenters. The molecule has 1 aliphatic heterocycles. The van der Waals surface area contributed by atoms with Crippen LogP contribution < -0.4 is 0 Å². The highest BCUT2D eigenvalue weighted by Gasteiger charge is 2.34. The van der Waals surface area contributed by atoms with Crippen LogP contribution in [0.2, 0.25) is 0 Å². The van der Waals surface area contributed by atoms with Crippen molar-refractivity contribution >= 4 is 17.7 Å². The van der Waals surface area contributed by atoms with E-state index in [4.69, 9.17) is 0 Å². The summed E-state index contributed by atoms with van der Waals surface area (Å²) in [5.41, 5.74) is 1.32. The molecule has 0 radical (unpaired) electrons. The van der Waals surface area contributed by atoms with Gasteiger partial charge in [-0.2, -0.15) is 24.9 Å². The number of nitrogens with zero attached hydrogens (tertiary/aromatic N) is 3. The number of carbonyl (C=O) groups excluding carboxylic acids is 1. The van der Waals surface area contributed by atoms with Gasteiger partial charge in [0.15, 0.2) is 0 Å². The van der Waals surface area contributed by atoms with Crippen molar-refractivity contribution in [2.45, 2.75) is 30.8 Å². The van der Waals surface area contributed by atoms with Crippen molar-refractivity contribution in [2.75, 3.05) is 32.9 Å². The van der Waals surface area contributed by atoms with Crippen molar-refractivity contribution < 1.29 is 18.0 Å². The van der Waals surface area contributed by atoms with Gasteiger partial charge in [0.1, 0.15) is 5.69 Å². The summed E-state index contributed by atoms with van der Waals surface area (Å²) in [6, 6.07) is 3.64. The quantitative estimate of drug-likeness (QED) is 0.808. The number of thioether (sulfide) groups is 1. The van der Waals surface area contributed by atoms with Crippen molar-refractivity contribution in [3.8, 4) is 0 Å². The predicted molar refractivity (Wildman–Crippen MR) is 89.1 cm³/mol. The van der Waals surface area contributed by atoms with Crippen LogP contribution in [0.25, 0.3) is 0 Å². The van der Waals surface area contributed by atoms with E-state index in [0.717, 1.165) is 5.56 Å². The second-order valence-electron chi connectivity index (χ2n) is 5.98. The van der Waals surface area contributed by atoms with Gasteiger partial charge < -0.3 is 4.90 Å². The number of carbonyl (C=O) groups is 1. The molecule has 134 valence electrons. The number of hydrogen-bond donors (Lipinski definition) is 0. The SMILES string of the molecule is CSCc1cccnc1C(=O)N(C)C1CCN(CC(F)(F)F)CC1. The first-order valence-electron chi connectivity index (χ1n) is 7.81. The Hall–Kier alpha value is -1.28. The topological polar surface area (TPSA) is 36.4 Å². The molecule has 24 heavy (non-hydrogen) atoms. The van der Waals surface area contributed by atoms with Gasteiger partial charge in [-0.25, -0.2) is 0 Å². The molecule has 8 heteroatoms. The molecule has 0 unspecified atom stereocenters. The lowest BCUT2D eigenvalue weighted by atomic mass is 10.0. The Labute approximate surface area is 144 Å². The zero-order valence-corrected chi connectivity index (χ0v) is 14.7. The van der Waals surface area contributed by atoms with Gasteiger partial charge in [-0.15, -0.1) is 0 Å². The first-order valence-corrected chi connectivity index (χ1v) is 9.20. The van der Waals surface area contributed by atoms with Gasteiger partial charge in [-0.3, -0.25) is 14.7 Å². The molecule has 0 N–H and O–H groups in total. The van der Waals surface area contributed by atoms with E-state index < -0.39 is 12.7 Å². The highest BCUT2D eigenvalue weighted by Crippen LogP contribution is 2.23. The van der Waals surface area contributed by atoms with Gasteiger partial charge in [0, 0.05) is 38.1 Å². The van der Waals surface area contributed by atoms with E-state index in [2.05, 4.69) is 4.98 Å². The van der Waals surface area contributed by atoms with Crippen molar-refractivity contribution in [1.29, 1.82) is 0 Å². The molecule has 1 amide bonds. The van der Waals surface area contributed by atoms with E-state index in [1.54, 1.807) is 36.0 Å². The average molecular weight is 361 g/mol. The predicted octanol–water partition coefficient (Wildman–Crippen LogP) is 3.04. The fraction of sp³-hybridized carbons (Fsp3) is 0.625. The summed E-state index contributed by atoms with van der Waals surface area (Å²) >= 11 is 1.62. The third-order valence-corrected chi connectivity index (χ3v) is 4.82. The summed E-state index contributed by atoms with van der Waals surface area (Å²) < 4.78 is 37.3. The van der Waals surface area contributed by atoms with Crippen LogP contribution in [0.3, 0.4) is 0 Å². The molecule has 2 rings (SSSR count). The number of hydrogen-bond acceptors (Lipinski definition) is 4. The third-order valence-electron chi connectivity index (χ3n) is 4.22. The molecule has 4 nitrogen and oxygen atoms in total. The maximum absolute atomic E-state index is 12.7. The Bertz CT molecular complexity index is 560. The number of aromatic nitrogens is 1. The molecule has 1 fully saturated rings. The Morgan fingerprint density at radius 3 is 2.67 bits per heavy atom. The number of rotatable bonds is 5. The lowest BCUT2D eigenvalue weighted by Gasteiger charge is -2.37. The van der Waals surface area contributed by atoms with Crippen LogP contribution in [0.15, 0.2) is 18.3 Å². The van der Waals surface area contributed by atoms with Crippen LogP contribution in [0.1, 0.15) is 28.9 Å². The molecule has 0 aliphatic carbocycles. The molecule has 1 aromatic heterocycles. The summed E-state index contributed by atoms with van der Waals surface area (Å²) in [6.07, 6.45) is 0.472. The molecule has 1 aromatic rings. The lowest BCUT2D eigenvalue weighted by Crippen LogP contribution is -2.47. The average Bonchev–Trinajstić information content (AvgIpc) is 2.54. The van der Waals surface area contributed by atoms with E-state index in [0.29, 0.717) is 37.4 Å². The highest BCUT2D eigenvalue weighted by molar-refractivity contribution is 7.97. The zero-order valence-electron chi connectivity index (χ0n) is 13.8. The second kappa shape index (κ2) is 8.20. The third kappa shape index (κ3) is 5.11. The van der Waals surface area contributed by atoms with E-state index in [1.165, 1.54) is 4.90 Å². The Balaban J connectivity index is 1.98. The van der Waals surface area contributed by atoms with Crippen LogP contribution in [0.5, 0.6) is 0 Å². The number of pyridine rings is 1. The van der Waals surface area contributed by atoms with Gasteiger partial charge in [0.2, 0.25) is 0 Å². The molecule has 0 saturated carbocycles. The number of alkyl halides is 3. The highest BCUT2D eigenvalue weighted by atomic mass is 32.2. The monoisotopic (exact) mass is 361 g/mol. The van der Waals surface area contributed by atoms with Gasteiger partial charge in [0.25, 0.3) is 5.91 Å². The van der Waals surface area contributed by atoms with Gasteiger partial charge in [-0.1, -0.05) is 6.07 Å². The van der Waals surface area contributed by atoms with Crippen LogP contribution in [0, 0.1) is 0 Å². The maximum atomic E-state index is 12.7. The summed E-state index contributed by atoms with van der Waals surface area (Å²) in [5, 5.41) is 0. The minimum absolute atomic E-state index is 0.0499. The van der Waals surface area contributed by atoms with Crippen LogP contribution in [-0.4, -0.2) is 65.8 Å². The van der Waals surface area contributed by atoms with Gasteiger partial charge >= 0.3 is 6.18 Å². The van der Waals surface area contributed by atoms with Gasteiger partial charge in [-0.05, 0) is 30.7 Å². The smallest absolute Gasteiger partial charge is 0.337 e. The summed E-state index contributed by atoms with van der Waals surface area (Å²) in [6.45, 7) is -0.182. The molecule has 0 spiro atoms. The zero-order chi connectivity index (χ0) is 17.7. The number of piperidine rings is 1. The van der Waals surface area contributed by atoms with E-state index in [9.17, 15) is 18.0 Å². The van der Waals surface area contributed by atoms with E-state index in [1.807, 2.05) is 12.3 Å². The molecule has 0 aromatic carbocycles. The van der Waals surface area contributed by atoms with Crippen molar-refractivity contribution in [3.63, 3.8) is 0 Å². The van der Waals surface area contributed by atoms with E-state index in [-0.39, 0.29) is 11.9 Å². The van der Waals surface area contributed by atoms with Crippen LogP contribution >= 0.6 is 11.8 Å². The maximum Gasteiger partial charge on any atom is 0.401 e. The Kier molecular flexibility index (Phi) is 6.51. The van der Waals surface area contributed by atoms with E-state index >= 15 is 0 Å². The minimum atomic E-state index is -4.17. The normalized spacial score (nSPS) is 17.0. The number of amides is 1. The Morgan fingerprint density at radius 1 is 1.42 bits per heavy atom. The van der Waals surface area contributed by atoms with Crippen molar-refractivity contribution in [3.05, 3.63) is 29.6 Å². The minimum Gasteiger partial charge on any atom is -0.337 e. The first kappa shape index (κ1) is 19.1. The molecule has 2 heterocycles. The van der Waals surface area contributed by atoms with Crippen molar-refractivity contribution in [2.24, 2.45) is 0 Å². The lowest BCUT2D eigenvalue weighted by molar-refractivity contribution is -0.148. The fourth-order valence-electron chi connectivity index (χ4n) is 2.95. The van der Waals surface area contributed by atoms with Crippen molar-refractivity contribution in [1.82, 2.24) is 14.8 Å². The second-order valence-corrected chi connectivity index (χ2v) is 6.85.